The van der Waals surface area contributed by atoms with Crippen LogP contribution in [0.2, 0.25) is 0 Å². The van der Waals surface area contributed by atoms with E-state index in [2.05, 4.69) is 27.7 Å². The highest BCUT2D eigenvalue weighted by atomic mass is 16.3. The van der Waals surface area contributed by atoms with Crippen LogP contribution in [0.5, 0.6) is 5.75 Å². The van der Waals surface area contributed by atoms with Gasteiger partial charge in [0.1, 0.15) is 24.1 Å². The van der Waals surface area contributed by atoms with E-state index < -0.39 is 0 Å². The normalized spacial score (nSPS) is 11.8. The van der Waals surface area contributed by atoms with Crippen molar-refractivity contribution in [2.75, 3.05) is 13.1 Å². The molecule has 0 aliphatic heterocycles. The fourth-order valence-electron chi connectivity index (χ4n) is 3.87. The zero-order valence-electron chi connectivity index (χ0n) is 17.2. The Balaban J connectivity index is 2.06. The number of aromatic hydroxyl groups is 1. The summed E-state index contributed by atoms with van der Waals surface area (Å²) in [6.45, 7) is 11.4. The Kier molecular flexibility index (Phi) is 6.20. The van der Waals surface area contributed by atoms with Crippen LogP contribution >= 0.6 is 0 Å². The van der Waals surface area contributed by atoms with Crippen molar-refractivity contribution in [2.24, 2.45) is 11.8 Å². The minimum atomic E-state index is -0.0667. The second kappa shape index (κ2) is 8.61. The third kappa shape index (κ3) is 4.45. The Morgan fingerprint density at radius 1 is 0.964 bits per heavy atom. The van der Waals surface area contributed by atoms with E-state index in [0.717, 1.165) is 18.7 Å². The molecule has 0 amide bonds. The molecule has 0 saturated heterocycles. The fraction of sp³-hybridized carbons (Fsp3) is 0.375. The van der Waals surface area contributed by atoms with Gasteiger partial charge in [0.15, 0.2) is 0 Å². The van der Waals surface area contributed by atoms with E-state index in [0.29, 0.717) is 40.5 Å². The van der Waals surface area contributed by atoms with E-state index in [1.807, 2.05) is 30.3 Å². The van der Waals surface area contributed by atoms with Gasteiger partial charge in [0.2, 0.25) is 5.43 Å². The summed E-state index contributed by atoms with van der Waals surface area (Å²) in [6.07, 6.45) is 1.52. The SMILES string of the molecule is CC(C)C[NH+](Cc1c(O)ccc2c(=O)c(-c3ccccc3)coc12)CC(C)C. The smallest absolute Gasteiger partial charge is 0.200 e. The van der Waals surface area contributed by atoms with E-state index in [1.54, 1.807) is 12.1 Å². The number of quaternary nitrogens is 1. The predicted molar refractivity (Wildman–Crippen MR) is 114 cm³/mol. The molecule has 148 valence electrons. The van der Waals surface area contributed by atoms with Crippen LogP contribution in [0.3, 0.4) is 0 Å². The van der Waals surface area contributed by atoms with Crippen molar-refractivity contribution in [3.63, 3.8) is 0 Å². The third-order valence-electron chi connectivity index (χ3n) is 4.93. The molecule has 0 unspecified atom stereocenters. The van der Waals surface area contributed by atoms with E-state index >= 15 is 0 Å². The van der Waals surface area contributed by atoms with E-state index in [4.69, 9.17) is 4.42 Å². The molecule has 1 heterocycles. The number of phenols is 1. The van der Waals surface area contributed by atoms with Gasteiger partial charge in [0, 0.05) is 11.8 Å². The molecule has 0 radical (unpaired) electrons. The molecule has 3 rings (SSSR count). The molecule has 28 heavy (non-hydrogen) atoms. The summed E-state index contributed by atoms with van der Waals surface area (Å²) >= 11 is 0. The first kappa shape index (κ1) is 20.2. The molecule has 0 aliphatic rings. The van der Waals surface area contributed by atoms with Crippen LogP contribution in [0, 0.1) is 11.8 Å². The predicted octanol–water partition coefficient (Wildman–Crippen LogP) is 3.86. The Hall–Kier alpha value is -2.59. The van der Waals surface area contributed by atoms with Gasteiger partial charge in [-0.25, -0.2) is 0 Å². The number of rotatable bonds is 7. The summed E-state index contributed by atoms with van der Waals surface area (Å²) in [5.41, 5.74) is 2.51. The van der Waals surface area contributed by atoms with Crippen molar-refractivity contribution >= 4 is 11.0 Å². The topological polar surface area (TPSA) is 54.9 Å². The Morgan fingerprint density at radius 3 is 2.21 bits per heavy atom. The standard InChI is InChI=1S/C24H29NO3/c1-16(2)12-25(13-17(3)4)14-20-22(26)11-10-19-23(27)21(15-28-24(19)20)18-8-6-5-7-9-18/h5-11,15-17,26H,12-14H2,1-4H3/p+1. The van der Waals surface area contributed by atoms with Crippen molar-refractivity contribution in [2.45, 2.75) is 34.2 Å². The molecule has 0 saturated carbocycles. The highest BCUT2D eigenvalue weighted by molar-refractivity contribution is 5.85. The maximum absolute atomic E-state index is 13.1. The zero-order valence-corrected chi connectivity index (χ0v) is 17.2. The molecule has 0 atom stereocenters. The highest BCUT2D eigenvalue weighted by Crippen LogP contribution is 2.27. The molecular formula is C24H30NO3+. The second-order valence-electron chi connectivity index (χ2n) is 8.41. The molecule has 1 aromatic heterocycles. The van der Waals surface area contributed by atoms with Crippen LogP contribution in [0.4, 0.5) is 0 Å². The first-order chi connectivity index (χ1) is 13.4. The summed E-state index contributed by atoms with van der Waals surface area (Å²) in [6, 6.07) is 12.8. The van der Waals surface area contributed by atoms with Crippen molar-refractivity contribution in [3.05, 3.63) is 64.5 Å². The third-order valence-corrected chi connectivity index (χ3v) is 4.93. The Bertz CT molecular complexity index is 980. The number of phenolic OH excluding ortho intramolecular Hbond substituents is 1. The summed E-state index contributed by atoms with van der Waals surface area (Å²) in [5, 5.41) is 11.0. The molecular weight excluding hydrogens is 350 g/mol. The molecule has 4 heteroatoms. The molecule has 0 bridgehead atoms. The first-order valence-electron chi connectivity index (χ1n) is 10.0. The van der Waals surface area contributed by atoms with Gasteiger partial charge < -0.3 is 14.4 Å². The maximum Gasteiger partial charge on any atom is 0.200 e. The van der Waals surface area contributed by atoms with Gasteiger partial charge in [-0.15, -0.1) is 0 Å². The minimum absolute atomic E-state index is 0.0667. The monoisotopic (exact) mass is 380 g/mol. The van der Waals surface area contributed by atoms with E-state index in [1.165, 1.54) is 11.2 Å². The van der Waals surface area contributed by atoms with Gasteiger partial charge in [0.25, 0.3) is 0 Å². The summed E-state index contributed by atoms with van der Waals surface area (Å²) < 4.78 is 5.93. The van der Waals surface area contributed by atoms with Gasteiger partial charge in [-0.1, -0.05) is 58.0 Å². The van der Waals surface area contributed by atoms with Gasteiger partial charge in [-0.05, 0) is 17.7 Å². The Morgan fingerprint density at radius 2 is 1.61 bits per heavy atom. The second-order valence-corrected chi connectivity index (χ2v) is 8.41. The van der Waals surface area contributed by atoms with Crippen LogP contribution in [-0.2, 0) is 6.54 Å². The lowest BCUT2D eigenvalue weighted by Gasteiger charge is -2.24. The number of hydrogen-bond acceptors (Lipinski definition) is 3. The fourth-order valence-corrected chi connectivity index (χ4v) is 3.87. The van der Waals surface area contributed by atoms with Gasteiger partial charge in [-0.3, -0.25) is 4.79 Å². The van der Waals surface area contributed by atoms with Crippen LogP contribution < -0.4 is 10.3 Å². The summed E-state index contributed by atoms with van der Waals surface area (Å²) in [5.74, 6) is 1.28. The largest absolute Gasteiger partial charge is 0.507 e. The zero-order chi connectivity index (χ0) is 20.3. The molecule has 4 nitrogen and oxygen atoms in total. The van der Waals surface area contributed by atoms with Crippen LogP contribution in [0.1, 0.15) is 33.3 Å². The molecule has 2 aromatic carbocycles. The lowest BCUT2D eigenvalue weighted by Crippen LogP contribution is -3.11. The van der Waals surface area contributed by atoms with Crippen LogP contribution in [0.15, 0.2) is 57.9 Å². The van der Waals surface area contributed by atoms with Gasteiger partial charge in [-0.2, -0.15) is 0 Å². The Labute approximate surface area is 166 Å². The lowest BCUT2D eigenvalue weighted by atomic mass is 10.0. The summed E-state index contributed by atoms with van der Waals surface area (Å²) in [4.78, 5) is 14.5. The summed E-state index contributed by atoms with van der Waals surface area (Å²) in [7, 11) is 0. The molecule has 0 fully saturated rings. The maximum atomic E-state index is 13.1. The van der Waals surface area contributed by atoms with Crippen molar-refractivity contribution in [1.82, 2.24) is 0 Å². The number of hydrogen-bond donors (Lipinski definition) is 2. The van der Waals surface area contributed by atoms with Crippen LogP contribution in [-0.4, -0.2) is 18.2 Å². The highest BCUT2D eigenvalue weighted by Gasteiger charge is 2.21. The number of benzene rings is 2. The molecule has 3 aromatic rings. The van der Waals surface area contributed by atoms with Crippen molar-refractivity contribution < 1.29 is 14.4 Å². The van der Waals surface area contributed by atoms with Gasteiger partial charge >= 0.3 is 0 Å². The van der Waals surface area contributed by atoms with Crippen molar-refractivity contribution in [3.8, 4) is 16.9 Å². The van der Waals surface area contributed by atoms with Gasteiger partial charge in [0.05, 0.1) is 29.6 Å². The number of fused-ring (bicyclic) bond motifs is 1. The first-order valence-corrected chi connectivity index (χ1v) is 10.0. The average Bonchev–Trinajstić information content (AvgIpc) is 2.64. The average molecular weight is 381 g/mol. The van der Waals surface area contributed by atoms with E-state index in [9.17, 15) is 9.90 Å². The lowest BCUT2D eigenvalue weighted by molar-refractivity contribution is -0.919. The molecule has 2 N–H and O–H groups in total. The molecule has 0 spiro atoms. The van der Waals surface area contributed by atoms with Crippen LogP contribution in [0.25, 0.3) is 22.1 Å². The van der Waals surface area contributed by atoms with Crippen molar-refractivity contribution in [1.29, 1.82) is 0 Å². The minimum Gasteiger partial charge on any atom is -0.507 e. The van der Waals surface area contributed by atoms with E-state index in [-0.39, 0.29) is 11.2 Å². The number of nitrogens with one attached hydrogen (secondary N) is 1. The molecule has 0 aliphatic carbocycles. The quantitative estimate of drug-likeness (QED) is 0.654.